The summed E-state index contributed by atoms with van der Waals surface area (Å²) in [5.41, 5.74) is 6.22. The monoisotopic (exact) mass is 225 g/mol. The molecular weight excluding hydrogens is 209 g/mol. The van der Waals surface area contributed by atoms with Crippen LogP contribution in [-0.2, 0) is 11.3 Å². The summed E-state index contributed by atoms with van der Waals surface area (Å²) in [4.78, 5) is 0. The molecule has 2 N–H and O–H groups in total. The van der Waals surface area contributed by atoms with E-state index >= 15 is 0 Å². The zero-order valence-corrected chi connectivity index (χ0v) is 9.12. The Bertz CT molecular complexity index is 351. The SMILES string of the molecule is NCc1cccc(F)c1OCC1CCCO1. The predicted molar refractivity (Wildman–Crippen MR) is 58.8 cm³/mol. The predicted octanol–water partition coefficient (Wildman–Crippen LogP) is 1.84. The topological polar surface area (TPSA) is 44.5 Å². The third kappa shape index (κ3) is 2.51. The highest BCUT2D eigenvalue weighted by Gasteiger charge is 2.17. The molecule has 4 heteroatoms. The molecule has 1 heterocycles. The van der Waals surface area contributed by atoms with Gasteiger partial charge in [-0.1, -0.05) is 12.1 Å². The standard InChI is InChI=1S/C12H16FNO2/c13-11-5-1-3-9(7-14)12(11)16-8-10-4-2-6-15-10/h1,3,5,10H,2,4,6-8,14H2. The van der Waals surface area contributed by atoms with Crippen molar-refractivity contribution in [3.05, 3.63) is 29.6 Å². The van der Waals surface area contributed by atoms with Crippen LogP contribution in [-0.4, -0.2) is 19.3 Å². The van der Waals surface area contributed by atoms with Crippen molar-refractivity contribution in [2.24, 2.45) is 5.73 Å². The fourth-order valence-corrected chi connectivity index (χ4v) is 1.83. The van der Waals surface area contributed by atoms with Crippen LogP contribution in [0.2, 0.25) is 0 Å². The molecule has 1 fully saturated rings. The molecule has 1 aromatic carbocycles. The van der Waals surface area contributed by atoms with Crippen LogP contribution in [0.25, 0.3) is 0 Å². The molecule has 1 unspecified atom stereocenters. The third-order valence-corrected chi connectivity index (χ3v) is 2.71. The molecule has 88 valence electrons. The zero-order chi connectivity index (χ0) is 11.4. The van der Waals surface area contributed by atoms with E-state index in [1.165, 1.54) is 6.07 Å². The van der Waals surface area contributed by atoms with E-state index in [4.69, 9.17) is 15.2 Å². The summed E-state index contributed by atoms with van der Waals surface area (Å²) in [5, 5.41) is 0. The Morgan fingerprint density at radius 1 is 1.50 bits per heavy atom. The van der Waals surface area contributed by atoms with Crippen LogP contribution in [0.1, 0.15) is 18.4 Å². The van der Waals surface area contributed by atoms with Gasteiger partial charge >= 0.3 is 0 Å². The lowest BCUT2D eigenvalue weighted by Gasteiger charge is -2.14. The molecule has 1 aliphatic heterocycles. The molecule has 0 radical (unpaired) electrons. The van der Waals surface area contributed by atoms with Gasteiger partial charge in [0.1, 0.15) is 6.61 Å². The highest BCUT2D eigenvalue weighted by atomic mass is 19.1. The van der Waals surface area contributed by atoms with Crippen molar-refractivity contribution < 1.29 is 13.9 Å². The smallest absolute Gasteiger partial charge is 0.165 e. The number of hydrogen-bond acceptors (Lipinski definition) is 3. The van der Waals surface area contributed by atoms with Crippen LogP contribution in [0.5, 0.6) is 5.75 Å². The Labute approximate surface area is 94.3 Å². The first-order valence-corrected chi connectivity index (χ1v) is 5.53. The Morgan fingerprint density at radius 2 is 2.38 bits per heavy atom. The van der Waals surface area contributed by atoms with Crippen molar-refractivity contribution in [2.75, 3.05) is 13.2 Å². The van der Waals surface area contributed by atoms with Gasteiger partial charge in [-0.2, -0.15) is 0 Å². The second-order valence-corrected chi connectivity index (χ2v) is 3.88. The first kappa shape index (κ1) is 11.4. The molecule has 1 aliphatic rings. The van der Waals surface area contributed by atoms with Crippen LogP contribution in [0.15, 0.2) is 18.2 Å². The minimum atomic E-state index is -0.360. The van der Waals surface area contributed by atoms with Gasteiger partial charge in [-0.25, -0.2) is 4.39 Å². The molecule has 0 saturated carbocycles. The number of nitrogens with two attached hydrogens (primary N) is 1. The summed E-state index contributed by atoms with van der Waals surface area (Å²) in [5.74, 6) is -0.0959. The van der Waals surface area contributed by atoms with Crippen LogP contribution in [0.4, 0.5) is 4.39 Å². The summed E-state index contributed by atoms with van der Waals surface area (Å²) >= 11 is 0. The molecule has 0 aliphatic carbocycles. The van der Waals surface area contributed by atoms with Gasteiger partial charge in [0.05, 0.1) is 6.10 Å². The van der Waals surface area contributed by atoms with E-state index in [-0.39, 0.29) is 24.2 Å². The summed E-state index contributed by atoms with van der Waals surface area (Å²) in [6, 6.07) is 4.79. The average molecular weight is 225 g/mol. The van der Waals surface area contributed by atoms with Crippen molar-refractivity contribution in [3.8, 4) is 5.75 Å². The highest BCUT2D eigenvalue weighted by molar-refractivity contribution is 5.34. The summed E-state index contributed by atoms with van der Waals surface area (Å²) in [6.07, 6.45) is 2.12. The molecule has 1 saturated heterocycles. The second-order valence-electron chi connectivity index (χ2n) is 3.88. The van der Waals surface area contributed by atoms with E-state index in [1.54, 1.807) is 12.1 Å². The number of halogens is 1. The largest absolute Gasteiger partial charge is 0.487 e. The van der Waals surface area contributed by atoms with Crippen molar-refractivity contribution in [1.82, 2.24) is 0 Å². The van der Waals surface area contributed by atoms with Crippen LogP contribution < -0.4 is 10.5 Å². The van der Waals surface area contributed by atoms with E-state index < -0.39 is 0 Å². The van der Waals surface area contributed by atoms with Crippen LogP contribution >= 0.6 is 0 Å². The third-order valence-electron chi connectivity index (χ3n) is 2.71. The summed E-state index contributed by atoms with van der Waals surface area (Å²) < 4.78 is 24.4. The van der Waals surface area contributed by atoms with E-state index in [0.29, 0.717) is 12.2 Å². The maximum atomic E-state index is 13.5. The van der Waals surface area contributed by atoms with Gasteiger partial charge in [0, 0.05) is 18.7 Å². The molecule has 0 spiro atoms. The molecule has 3 nitrogen and oxygen atoms in total. The Balaban J connectivity index is 2.01. The van der Waals surface area contributed by atoms with Crippen molar-refractivity contribution >= 4 is 0 Å². The van der Waals surface area contributed by atoms with Gasteiger partial charge in [-0.15, -0.1) is 0 Å². The lowest BCUT2D eigenvalue weighted by atomic mass is 10.2. The van der Waals surface area contributed by atoms with Crippen LogP contribution in [0.3, 0.4) is 0 Å². The molecule has 0 bridgehead atoms. The molecule has 1 aromatic rings. The zero-order valence-electron chi connectivity index (χ0n) is 9.12. The number of benzene rings is 1. The normalized spacial score (nSPS) is 20.0. The number of hydrogen-bond donors (Lipinski definition) is 1. The summed E-state index contributed by atoms with van der Waals surface area (Å²) in [6.45, 7) is 1.45. The lowest BCUT2D eigenvalue weighted by Crippen LogP contribution is -2.17. The minimum absolute atomic E-state index is 0.0882. The van der Waals surface area contributed by atoms with Gasteiger partial charge in [0.2, 0.25) is 0 Å². The van der Waals surface area contributed by atoms with Crippen molar-refractivity contribution in [3.63, 3.8) is 0 Å². The molecule has 0 amide bonds. The number of para-hydroxylation sites is 1. The molecule has 1 atom stereocenters. The molecule has 2 rings (SSSR count). The second kappa shape index (κ2) is 5.27. The van der Waals surface area contributed by atoms with E-state index in [0.717, 1.165) is 19.4 Å². The minimum Gasteiger partial charge on any atom is -0.487 e. The maximum absolute atomic E-state index is 13.5. The van der Waals surface area contributed by atoms with Gasteiger partial charge in [-0.05, 0) is 18.9 Å². The highest BCUT2D eigenvalue weighted by Crippen LogP contribution is 2.23. The molecular formula is C12H16FNO2. The van der Waals surface area contributed by atoms with Crippen LogP contribution in [0, 0.1) is 5.82 Å². The van der Waals surface area contributed by atoms with E-state index in [1.807, 2.05) is 0 Å². The molecule has 0 aromatic heterocycles. The fraction of sp³-hybridized carbons (Fsp3) is 0.500. The lowest BCUT2D eigenvalue weighted by molar-refractivity contribution is 0.0662. The van der Waals surface area contributed by atoms with Gasteiger partial charge in [0.25, 0.3) is 0 Å². The average Bonchev–Trinajstić information content (AvgIpc) is 2.80. The van der Waals surface area contributed by atoms with Gasteiger partial charge in [-0.3, -0.25) is 0 Å². The first-order valence-electron chi connectivity index (χ1n) is 5.53. The number of ether oxygens (including phenoxy) is 2. The van der Waals surface area contributed by atoms with Crippen molar-refractivity contribution in [2.45, 2.75) is 25.5 Å². The Hall–Kier alpha value is -1.13. The number of rotatable bonds is 4. The van der Waals surface area contributed by atoms with E-state index in [2.05, 4.69) is 0 Å². The van der Waals surface area contributed by atoms with Crippen molar-refractivity contribution in [1.29, 1.82) is 0 Å². The first-order chi connectivity index (χ1) is 7.81. The maximum Gasteiger partial charge on any atom is 0.165 e. The van der Waals surface area contributed by atoms with Gasteiger partial charge < -0.3 is 15.2 Å². The summed E-state index contributed by atoms with van der Waals surface area (Å²) in [7, 11) is 0. The van der Waals surface area contributed by atoms with Gasteiger partial charge in [0.15, 0.2) is 11.6 Å². The Kier molecular flexibility index (Phi) is 3.74. The molecule has 16 heavy (non-hydrogen) atoms. The fourth-order valence-electron chi connectivity index (χ4n) is 1.83. The Morgan fingerprint density at radius 3 is 3.06 bits per heavy atom. The van der Waals surface area contributed by atoms with E-state index in [9.17, 15) is 4.39 Å². The quantitative estimate of drug-likeness (QED) is 0.850.